The molecular formula is C8H11N3O2. The quantitative estimate of drug-likeness (QED) is 0.214. The van der Waals surface area contributed by atoms with Gasteiger partial charge < -0.3 is 4.74 Å². The summed E-state index contributed by atoms with van der Waals surface area (Å²) in [4.78, 5) is 13.3. The van der Waals surface area contributed by atoms with Crippen molar-refractivity contribution in [1.82, 2.24) is 0 Å². The van der Waals surface area contributed by atoms with Crippen LogP contribution in [-0.2, 0) is 9.53 Å². The van der Waals surface area contributed by atoms with Gasteiger partial charge in [0.05, 0.1) is 6.04 Å². The van der Waals surface area contributed by atoms with Crippen molar-refractivity contribution in [3.63, 3.8) is 0 Å². The van der Waals surface area contributed by atoms with E-state index in [1.165, 1.54) is 6.92 Å². The Hall–Kier alpha value is -1.48. The van der Waals surface area contributed by atoms with Gasteiger partial charge in [0.2, 0.25) is 0 Å². The summed E-state index contributed by atoms with van der Waals surface area (Å²) in [6.45, 7) is 1.38. The molecule has 0 aliphatic heterocycles. The molecule has 2 atom stereocenters. The molecule has 1 aliphatic carbocycles. The highest BCUT2D eigenvalue weighted by Crippen LogP contribution is 2.16. The van der Waals surface area contributed by atoms with Crippen LogP contribution in [0.3, 0.4) is 0 Å². The predicted molar refractivity (Wildman–Crippen MR) is 46.9 cm³/mol. The Morgan fingerprint density at radius 2 is 2.38 bits per heavy atom. The van der Waals surface area contributed by atoms with Crippen LogP contribution in [0, 0.1) is 0 Å². The summed E-state index contributed by atoms with van der Waals surface area (Å²) in [5.74, 6) is -0.281. The van der Waals surface area contributed by atoms with E-state index in [0.29, 0.717) is 0 Å². The summed E-state index contributed by atoms with van der Waals surface area (Å²) >= 11 is 0. The molecule has 0 bridgehead atoms. The summed E-state index contributed by atoms with van der Waals surface area (Å²) in [6, 6.07) is -0.0863. The van der Waals surface area contributed by atoms with Crippen LogP contribution < -0.4 is 0 Å². The Morgan fingerprint density at radius 1 is 1.62 bits per heavy atom. The lowest BCUT2D eigenvalue weighted by molar-refractivity contribution is -0.144. The van der Waals surface area contributed by atoms with E-state index < -0.39 is 0 Å². The molecule has 0 saturated heterocycles. The second-order valence-corrected chi connectivity index (χ2v) is 2.88. The van der Waals surface area contributed by atoms with Gasteiger partial charge in [0.25, 0.3) is 0 Å². The second-order valence-electron chi connectivity index (χ2n) is 2.88. The van der Waals surface area contributed by atoms with Crippen molar-refractivity contribution in [2.24, 2.45) is 5.11 Å². The molecule has 0 fully saturated rings. The van der Waals surface area contributed by atoms with Gasteiger partial charge in [-0.2, -0.15) is 0 Å². The molecule has 1 rings (SSSR count). The van der Waals surface area contributed by atoms with Gasteiger partial charge in [-0.1, -0.05) is 11.2 Å². The van der Waals surface area contributed by atoms with Gasteiger partial charge in [-0.3, -0.25) is 4.79 Å². The number of rotatable bonds is 2. The first-order valence-electron chi connectivity index (χ1n) is 4.12. The molecule has 70 valence electrons. The minimum Gasteiger partial charge on any atom is -0.458 e. The van der Waals surface area contributed by atoms with Gasteiger partial charge in [0.15, 0.2) is 0 Å². The minimum absolute atomic E-state index is 0.0863. The average Bonchev–Trinajstić information content (AvgIpc) is 2.08. The third-order valence-electron chi connectivity index (χ3n) is 1.81. The van der Waals surface area contributed by atoms with Crippen LogP contribution in [0.1, 0.15) is 19.8 Å². The first kappa shape index (κ1) is 9.61. The van der Waals surface area contributed by atoms with Crippen molar-refractivity contribution in [3.8, 4) is 0 Å². The summed E-state index contributed by atoms with van der Waals surface area (Å²) in [7, 11) is 0. The standard InChI is InChI=1S/C8H11N3O2/c1-6(12)13-8-4-2-7(3-5-8)10-11-9/h2,4,7-8H,3,5H2,1H3/t7-,8-/m0/s1. The zero-order valence-corrected chi connectivity index (χ0v) is 7.38. The van der Waals surface area contributed by atoms with Gasteiger partial charge in [-0.25, -0.2) is 0 Å². The van der Waals surface area contributed by atoms with E-state index in [1.54, 1.807) is 12.2 Å². The van der Waals surface area contributed by atoms with E-state index in [1.807, 2.05) is 0 Å². The van der Waals surface area contributed by atoms with Crippen LogP contribution in [0.5, 0.6) is 0 Å². The van der Waals surface area contributed by atoms with E-state index in [-0.39, 0.29) is 18.1 Å². The largest absolute Gasteiger partial charge is 0.458 e. The number of carbonyl (C=O) groups excluding carboxylic acids is 1. The average molecular weight is 181 g/mol. The van der Waals surface area contributed by atoms with Gasteiger partial charge in [-0.15, -0.1) is 0 Å². The zero-order valence-electron chi connectivity index (χ0n) is 7.38. The normalized spacial score (nSPS) is 26.2. The minimum atomic E-state index is -0.281. The molecule has 0 aromatic rings. The van der Waals surface area contributed by atoms with E-state index in [0.717, 1.165) is 12.8 Å². The van der Waals surface area contributed by atoms with E-state index >= 15 is 0 Å². The lowest BCUT2D eigenvalue weighted by Gasteiger charge is -2.19. The molecular weight excluding hydrogens is 170 g/mol. The Bertz CT molecular complexity index is 269. The van der Waals surface area contributed by atoms with Crippen molar-refractivity contribution >= 4 is 5.97 Å². The fourth-order valence-corrected chi connectivity index (χ4v) is 1.25. The number of ether oxygens (including phenoxy) is 1. The van der Waals surface area contributed by atoms with Gasteiger partial charge in [0, 0.05) is 11.8 Å². The van der Waals surface area contributed by atoms with E-state index in [4.69, 9.17) is 10.3 Å². The van der Waals surface area contributed by atoms with Gasteiger partial charge in [0.1, 0.15) is 6.10 Å². The Kier molecular flexibility index (Phi) is 3.34. The number of hydrogen-bond acceptors (Lipinski definition) is 3. The number of nitrogens with zero attached hydrogens (tertiary/aromatic N) is 3. The van der Waals surface area contributed by atoms with E-state index in [2.05, 4.69) is 10.0 Å². The maximum Gasteiger partial charge on any atom is 0.303 e. The van der Waals surface area contributed by atoms with Gasteiger partial charge in [-0.05, 0) is 24.4 Å². The highest BCUT2D eigenvalue weighted by molar-refractivity contribution is 5.66. The smallest absolute Gasteiger partial charge is 0.303 e. The number of azide groups is 1. The maximum atomic E-state index is 10.6. The molecule has 0 heterocycles. The third-order valence-corrected chi connectivity index (χ3v) is 1.81. The highest BCUT2D eigenvalue weighted by atomic mass is 16.5. The summed E-state index contributed by atoms with van der Waals surface area (Å²) in [6.07, 6.45) is 4.85. The first-order chi connectivity index (χ1) is 6.22. The maximum absolute atomic E-state index is 10.6. The Labute approximate surface area is 76.0 Å². The summed E-state index contributed by atoms with van der Waals surface area (Å²) in [5.41, 5.74) is 8.17. The Balaban J connectivity index is 2.46. The number of esters is 1. The molecule has 5 heteroatoms. The highest BCUT2D eigenvalue weighted by Gasteiger charge is 2.16. The predicted octanol–water partition coefficient (Wildman–Crippen LogP) is 1.95. The fourth-order valence-electron chi connectivity index (χ4n) is 1.25. The van der Waals surface area contributed by atoms with Crippen LogP contribution >= 0.6 is 0 Å². The van der Waals surface area contributed by atoms with Crippen molar-refractivity contribution < 1.29 is 9.53 Å². The fraction of sp³-hybridized carbons (Fsp3) is 0.625. The first-order valence-corrected chi connectivity index (χ1v) is 4.12. The van der Waals surface area contributed by atoms with Crippen molar-refractivity contribution in [2.75, 3.05) is 0 Å². The monoisotopic (exact) mass is 181 g/mol. The number of carbonyl (C=O) groups is 1. The van der Waals surface area contributed by atoms with Crippen LogP contribution in [0.2, 0.25) is 0 Å². The topological polar surface area (TPSA) is 75.1 Å². The van der Waals surface area contributed by atoms with Crippen LogP contribution in [-0.4, -0.2) is 18.1 Å². The second kappa shape index (κ2) is 4.52. The Morgan fingerprint density at radius 3 is 2.85 bits per heavy atom. The van der Waals surface area contributed by atoms with Gasteiger partial charge >= 0.3 is 5.97 Å². The van der Waals surface area contributed by atoms with E-state index in [9.17, 15) is 4.79 Å². The zero-order chi connectivity index (χ0) is 9.68. The third kappa shape index (κ3) is 3.17. The molecule has 0 saturated carbocycles. The summed E-state index contributed by atoms with van der Waals surface area (Å²) in [5, 5.41) is 3.55. The molecule has 0 radical (unpaired) electrons. The molecule has 13 heavy (non-hydrogen) atoms. The molecule has 0 N–H and O–H groups in total. The van der Waals surface area contributed by atoms with Crippen molar-refractivity contribution in [3.05, 3.63) is 22.6 Å². The van der Waals surface area contributed by atoms with Crippen molar-refractivity contribution in [2.45, 2.75) is 31.9 Å². The molecule has 0 aromatic carbocycles. The lowest BCUT2D eigenvalue weighted by atomic mass is 10.0. The number of hydrogen-bond donors (Lipinski definition) is 0. The summed E-state index contributed by atoms with van der Waals surface area (Å²) < 4.78 is 4.96. The van der Waals surface area contributed by atoms with Crippen LogP contribution in [0.25, 0.3) is 10.4 Å². The molecule has 0 spiro atoms. The van der Waals surface area contributed by atoms with Crippen LogP contribution in [0.4, 0.5) is 0 Å². The lowest BCUT2D eigenvalue weighted by Crippen LogP contribution is -2.20. The molecule has 5 nitrogen and oxygen atoms in total. The van der Waals surface area contributed by atoms with Crippen LogP contribution in [0.15, 0.2) is 17.3 Å². The SMILES string of the molecule is CC(=O)O[C@H]1C=C[C@H](N=[N+]=[N-])CC1. The molecule has 1 aliphatic rings. The molecule has 0 unspecified atom stereocenters. The molecule has 0 aromatic heterocycles. The van der Waals surface area contributed by atoms with Crippen molar-refractivity contribution in [1.29, 1.82) is 0 Å². The molecule has 0 amide bonds.